The molecule has 7 rings (SSSR count). The number of fused-ring (bicyclic) bond motifs is 3. The molecule has 0 saturated heterocycles. The monoisotopic (exact) mass is 464 g/mol. The second-order valence-corrected chi connectivity index (χ2v) is 8.53. The number of para-hydroxylation sites is 2. The molecule has 4 heterocycles. The molecule has 170 valence electrons. The minimum Gasteiger partial charge on any atom is -0.294 e. The molecule has 4 aromatic heterocycles. The third kappa shape index (κ3) is 3.20. The first-order chi connectivity index (χ1) is 17.9. The van der Waals surface area contributed by atoms with Gasteiger partial charge in [-0.3, -0.25) is 14.1 Å². The molecule has 36 heavy (non-hydrogen) atoms. The molecule has 0 fully saturated rings. The summed E-state index contributed by atoms with van der Waals surface area (Å²) in [5, 5.41) is 11.5. The highest BCUT2D eigenvalue weighted by Crippen LogP contribution is 2.32. The second kappa shape index (κ2) is 8.29. The summed E-state index contributed by atoms with van der Waals surface area (Å²) >= 11 is 0. The van der Waals surface area contributed by atoms with Crippen LogP contribution in [0.5, 0.6) is 0 Å². The van der Waals surface area contributed by atoms with Crippen LogP contribution in [0.1, 0.15) is 0 Å². The van der Waals surface area contributed by atoms with E-state index in [1.807, 2.05) is 53.2 Å². The van der Waals surface area contributed by atoms with Crippen molar-refractivity contribution in [3.8, 4) is 34.3 Å². The zero-order valence-corrected chi connectivity index (χ0v) is 19.2. The van der Waals surface area contributed by atoms with Crippen LogP contribution in [0.2, 0.25) is 0 Å². The van der Waals surface area contributed by atoms with Crippen LogP contribution in [0.25, 0.3) is 56.1 Å². The molecule has 0 aliphatic heterocycles. The minimum atomic E-state index is 0.739. The predicted octanol–water partition coefficient (Wildman–Crippen LogP) is 6.49. The first-order valence-corrected chi connectivity index (χ1v) is 11.7. The van der Waals surface area contributed by atoms with Gasteiger partial charge < -0.3 is 0 Å². The van der Waals surface area contributed by atoms with Gasteiger partial charge in [0.2, 0.25) is 0 Å². The molecular weight excluding hydrogens is 444 g/mol. The number of aromatic nitrogens is 6. The van der Waals surface area contributed by atoms with E-state index in [0.29, 0.717) is 0 Å². The van der Waals surface area contributed by atoms with Crippen molar-refractivity contribution in [2.75, 3.05) is 0 Å². The van der Waals surface area contributed by atoms with Crippen molar-refractivity contribution in [3.05, 3.63) is 122 Å². The molecule has 0 amide bonds. The molecule has 3 aromatic carbocycles. The Morgan fingerprint density at radius 1 is 0.500 bits per heavy atom. The number of hydrogen-bond acceptors (Lipinski definition) is 4. The lowest BCUT2D eigenvalue weighted by Crippen LogP contribution is -2.03. The molecule has 0 atom stereocenters. The summed E-state index contributed by atoms with van der Waals surface area (Å²) in [6.45, 7) is 0. The molecule has 0 saturated carbocycles. The van der Waals surface area contributed by atoms with Crippen LogP contribution in [0.3, 0.4) is 0 Å². The lowest BCUT2D eigenvalue weighted by Gasteiger charge is -2.12. The summed E-state index contributed by atoms with van der Waals surface area (Å²) < 4.78 is 4.26. The van der Waals surface area contributed by atoms with Crippen molar-refractivity contribution < 1.29 is 0 Å². The molecule has 0 bridgehead atoms. The van der Waals surface area contributed by atoms with E-state index in [0.717, 1.165) is 45.3 Å². The lowest BCUT2D eigenvalue weighted by molar-refractivity contribution is 1.02. The van der Waals surface area contributed by atoms with E-state index in [9.17, 15) is 0 Å². The summed E-state index contributed by atoms with van der Waals surface area (Å²) in [7, 11) is 0. The fraction of sp³-hybridized carbons (Fsp3) is 0. The zero-order valence-electron chi connectivity index (χ0n) is 19.2. The Bertz CT molecular complexity index is 1710. The van der Waals surface area contributed by atoms with Gasteiger partial charge in [0.25, 0.3) is 0 Å². The van der Waals surface area contributed by atoms with Gasteiger partial charge in [-0.25, -0.2) is 4.98 Å². The van der Waals surface area contributed by atoms with Gasteiger partial charge in [0, 0.05) is 34.3 Å². The Balaban J connectivity index is 1.41. The maximum absolute atomic E-state index is 4.92. The fourth-order valence-corrected chi connectivity index (χ4v) is 4.80. The van der Waals surface area contributed by atoms with Crippen molar-refractivity contribution in [1.82, 2.24) is 29.3 Å². The number of nitrogens with zero attached hydrogens (tertiary/aromatic N) is 6. The van der Waals surface area contributed by atoms with Crippen molar-refractivity contribution >= 4 is 21.8 Å². The van der Waals surface area contributed by atoms with E-state index < -0.39 is 0 Å². The predicted molar refractivity (Wildman–Crippen MR) is 142 cm³/mol. The maximum Gasteiger partial charge on any atom is 0.169 e. The van der Waals surface area contributed by atoms with Gasteiger partial charge in [0.15, 0.2) is 11.6 Å². The number of pyridine rings is 2. The largest absolute Gasteiger partial charge is 0.294 e. The summed E-state index contributed by atoms with van der Waals surface area (Å²) in [5.74, 6) is 2.35. The third-order valence-electron chi connectivity index (χ3n) is 6.43. The van der Waals surface area contributed by atoms with E-state index in [2.05, 4.69) is 80.4 Å². The average molecular weight is 465 g/mol. The van der Waals surface area contributed by atoms with E-state index in [-0.39, 0.29) is 0 Å². The van der Waals surface area contributed by atoms with Gasteiger partial charge in [-0.2, -0.15) is 0 Å². The second-order valence-electron chi connectivity index (χ2n) is 8.53. The highest BCUT2D eigenvalue weighted by molar-refractivity contribution is 6.09. The molecule has 0 radical (unpaired) electrons. The van der Waals surface area contributed by atoms with Crippen LogP contribution in [-0.2, 0) is 0 Å². The SMILES string of the molecule is c1ccc(-c2nnc(-c3ccncc3)n2-c2ccc(-n3c4ccccc4c4ccccc43)nc2)cc1. The molecule has 6 nitrogen and oxygen atoms in total. The maximum atomic E-state index is 4.92. The molecule has 0 unspecified atom stereocenters. The molecule has 6 heteroatoms. The topological polar surface area (TPSA) is 61.4 Å². The van der Waals surface area contributed by atoms with Gasteiger partial charge >= 0.3 is 0 Å². The standard InChI is InChI=1S/C30H20N6/c1-2-8-21(9-3-1)29-33-34-30(22-16-18-31-19-17-22)35(29)23-14-15-28(32-20-23)36-26-12-6-4-10-24(26)25-11-5-7-13-27(25)36/h1-20H. The summed E-state index contributed by atoms with van der Waals surface area (Å²) in [5.41, 5.74) is 5.06. The van der Waals surface area contributed by atoms with Crippen LogP contribution in [-0.4, -0.2) is 29.3 Å². The molecule has 0 spiro atoms. The van der Waals surface area contributed by atoms with Gasteiger partial charge in [0.1, 0.15) is 5.82 Å². The Hall–Kier alpha value is -5.10. The Kier molecular flexibility index (Phi) is 4.67. The quantitative estimate of drug-likeness (QED) is 0.299. The van der Waals surface area contributed by atoms with E-state index in [1.165, 1.54) is 10.8 Å². The van der Waals surface area contributed by atoms with Gasteiger partial charge in [-0.05, 0) is 36.4 Å². The average Bonchev–Trinajstić information content (AvgIpc) is 3.54. The van der Waals surface area contributed by atoms with Crippen LogP contribution >= 0.6 is 0 Å². The molecule has 0 N–H and O–H groups in total. The summed E-state index contributed by atoms with van der Waals surface area (Å²) in [6.07, 6.45) is 5.42. The zero-order chi connectivity index (χ0) is 23.9. The smallest absolute Gasteiger partial charge is 0.169 e. The van der Waals surface area contributed by atoms with E-state index >= 15 is 0 Å². The minimum absolute atomic E-state index is 0.739. The van der Waals surface area contributed by atoms with E-state index in [1.54, 1.807) is 12.4 Å². The highest BCUT2D eigenvalue weighted by atomic mass is 15.3. The summed E-state index contributed by atoms with van der Waals surface area (Å²) in [4.78, 5) is 9.08. The van der Waals surface area contributed by atoms with Crippen molar-refractivity contribution in [1.29, 1.82) is 0 Å². The molecule has 7 aromatic rings. The van der Waals surface area contributed by atoms with Gasteiger partial charge in [-0.15, -0.1) is 10.2 Å². The number of benzene rings is 3. The van der Waals surface area contributed by atoms with Gasteiger partial charge in [0.05, 0.1) is 22.9 Å². The van der Waals surface area contributed by atoms with E-state index in [4.69, 9.17) is 4.98 Å². The van der Waals surface area contributed by atoms with Crippen LogP contribution in [0.15, 0.2) is 122 Å². The Morgan fingerprint density at radius 2 is 1.08 bits per heavy atom. The molecule has 0 aliphatic rings. The number of rotatable bonds is 4. The lowest BCUT2D eigenvalue weighted by atomic mass is 10.2. The van der Waals surface area contributed by atoms with Crippen molar-refractivity contribution in [2.24, 2.45) is 0 Å². The number of hydrogen-bond donors (Lipinski definition) is 0. The Morgan fingerprint density at radius 3 is 1.69 bits per heavy atom. The first kappa shape index (κ1) is 20.3. The first-order valence-electron chi connectivity index (χ1n) is 11.7. The van der Waals surface area contributed by atoms with Crippen LogP contribution in [0.4, 0.5) is 0 Å². The molecule has 0 aliphatic carbocycles. The Labute approximate surface area is 207 Å². The van der Waals surface area contributed by atoms with Crippen LogP contribution in [0, 0.1) is 0 Å². The van der Waals surface area contributed by atoms with Gasteiger partial charge in [-0.1, -0.05) is 66.7 Å². The van der Waals surface area contributed by atoms with Crippen molar-refractivity contribution in [3.63, 3.8) is 0 Å². The van der Waals surface area contributed by atoms with Crippen molar-refractivity contribution in [2.45, 2.75) is 0 Å². The fourth-order valence-electron chi connectivity index (χ4n) is 4.80. The normalized spacial score (nSPS) is 11.3. The van der Waals surface area contributed by atoms with Crippen LogP contribution < -0.4 is 0 Å². The summed E-state index contributed by atoms with van der Waals surface area (Å²) in [6, 6.07) is 35.0. The highest BCUT2D eigenvalue weighted by Gasteiger charge is 2.18. The third-order valence-corrected chi connectivity index (χ3v) is 6.43. The molecular formula is C30H20N6.